The van der Waals surface area contributed by atoms with Gasteiger partial charge in [-0.1, -0.05) is 30.3 Å². The number of rotatable bonds is 4. The molecular formula is C16H15FN2. The molecule has 0 aliphatic heterocycles. The van der Waals surface area contributed by atoms with Gasteiger partial charge in [-0.3, -0.25) is 0 Å². The van der Waals surface area contributed by atoms with E-state index < -0.39 is 0 Å². The molecule has 2 aromatic carbocycles. The molecule has 0 aliphatic rings. The molecule has 2 aromatic rings. The summed E-state index contributed by atoms with van der Waals surface area (Å²) < 4.78 is 13.6. The van der Waals surface area contributed by atoms with Crippen LogP contribution in [0.4, 0.5) is 10.1 Å². The summed E-state index contributed by atoms with van der Waals surface area (Å²) in [5, 5.41) is 12.3. The van der Waals surface area contributed by atoms with E-state index in [2.05, 4.69) is 11.4 Å². The first-order valence-electron chi connectivity index (χ1n) is 6.20. The van der Waals surface area contributed by atoms with Crippen LogP contribution in [0.5, 0.6) is 0 Å². The monoisotopic (exact) mass is 254 g/mol. The van der Waals surface area contributed by atoms with E-state index in [-0.39, 0.29) is 11.9 Å². The molecular weight excluding hydrogens is 239 g/mol. The van der Waals surface area contributed by atoms with E-state index in [1.807, 2.05) is 31.2 Å². The molecule has 96 valence electrons. The Labute approximate surface area is 112 Å². The number of benzene rings is 2. The molecule has 0 spiro atoms. The lowest BCUT2D eigenvalue weighted by molar-refractivity contribution is 0.601. The fourth-order valence-corrected chi connectivity index (χ4v) is 2.02. The number of hydrogen-bond acceptors (Lipinski definition) is 2. The average molecular weight is 254 g/mol. The van der Waals surface area contributed by atoms with Crippen molar-refractivity contribution in [2.24, 2.45) is 0 Å². The van der Waals surface area contributed by atoms with Gasteiger partial charge < -0.3 is 5.32 Å². The second-order valence-corrected chi connectivity index (χ2v) is 4.50. The van der Waals surface area contributed by atoms with E-state index in [4.69, 9.17) is 5.26 Å². The Balaban J connectivity index is 2.08. The third kappa shape index (κ3) is 3.32. The number of nitriles is 1. The number of hydrogen-bond donors (Lipinski definition) is 1. The summed E-state index contributed by atoms with van der Waals surface area (Å²) in [5.74, 6) is -0.190. The van der Waals surface area contributed by atoms with Crippen LogP contribution in [0, 0.1) is 17.1 Å². The Morgan fingerprint density at radius 2 is 1.84 bits per heavy atom. The van der Waals surface area contributed by atoms with Crippen molar-refractivity contribution in [1.82, 2.24) is 0 Å². The number of anilines is 1. The second kappa shape index (κ2) is 6.01. The molecule has 2 nitrogen and oxygen atoms in total. The van der Waals surface area contributed by atoms with Crippen LogP contribution in [0.3, 0.4) is 0 Å². The number of nitrogens with zero attached hydrogens (tertiary/aromatic N) is 1. The third-order valence-electron chi connectivity index (χ3n) is 2.93. The highest BCUT2D eigenvalue weighted by Gasteiger charge is 2.09. The highest BCUT2D eigenvalue weighted by molar-refractivity contribution is 5.57. The van der Waals surface area contributed by atoms with Gasteiger partial charge in [0.1, 0.15) is 11.9 Å². The van der Waals surface area contributed by atoms with Gasteiger partial charge >= 0.3 is 0 Å². The molecule has 0 aromatic heterocycles. The van der Waals surface area contributed by atoms with Gasteiger partial charge in [-0.25, -0.2) is 4.39 Å². The van der Waals surface area contributed by atoms with Gasteiger partial charge in [0.05, 0.1) is 11.3 Å². The zero-order chi connectivity index (χ0) is 13.7. The van der Waals surface area contributed by atoms with Gasteiger partial charge in [0.25, 0.3) is 0 Å². The molecule has 3 heteroatoms. The average Bonchev–Trinajstić information content (AvgIpc) is 2.42. The molecule has 0 saturated heterocycles. The molecule has 1 atom stereocenters. The Morgan fingerprint density at radius 3 is 2.58 bits per heavy atom. The van der Waals surface area contributed by atoms with Crippen molar-refractivity contribution in [2.45, 2.75) is 19.4 Å². The lowest BCUT2D eigenvalue weighted by atomic mass is 10.1. The quantitative estimate of drug-likeness (QED) is 0.902. The van der Waals surface area contributed by atoms with Gasteiger partial charge in [0.15, 0.2) is 0 Å². The maximum absolute atomic E-state index is 13.6. The van der Waals surface area contributed by atoms with Gasteiger partial charge in [-0.15, -0.1) is 0 Å². The standard InChI is InChI=1S/C16H15FN2/c1-12(10-13-6-2-4-8-15(13)17)19-16-9-5-3-7-14(16)11-18/h2-9,12,19H,10H2,1H3. The van der Waals surface area contributed by atoms with Gasteiger partial charge in [0.2, 0.25) is 0 Å². The minimum absolute atomic E-state index is 0.0476. The molecule has 0 saturated carbocycles. The lowest BCUT2D eigenvalue weighted by Crippen LogP contribution is -2.19. The van der Waals surface area contributed by atoms with Crippen molar-refractivity contribution >= 4 is 5.69 Å². The first-order chi connectivity index (χ1) is 9.20. The van der Waals surface area contributed by atoms with Crippen molar-refractivity contribution in [3.05, 3.63) is 65.5 Å². The predicted molar refractivity (Wildman–Crippen MR) is 74.3 cm³/mol. The van der Waals surface area contributed by atoms with Crippen LogP contribution in [0.25, 0.3) is 0 Å². The Bertz CT molecular complexity index is 602. The lowest BCUT2D eigenvalue weighted by Gasteiger charge is -2.16. The third-order valence-corrected chi connectivity index (χ3v) is 2.93. The summed E-state index contributed by atoms with van der Waals surface area (Å²) in [6.07, 6.45) is 0.576. The summed E-state index contributed by atoms with van der Waals surface area (Å²) in [5.41, 5.74) is 2.06. The van der Waals surface area contributed by atoms with Gasteiger partial charge in [-0.05, 0) is 37.1 Å². The minimum atomic E-state index is -0.190. The zero-order valence-electron chi connectivity index (χ0n) is 10.7. The van der Waals surface area contributed by atoms with Crippen molar-refractivity contribution in [3.63, 3.8) is 0 Å². The maximum Gasteiger partial charge on any atom is 0.126 e. The number of para-hydroxylation sites is 1. The Kier molecular flexibility index (Phi) is 4.15. The highest BCUT2D eigenvalue weighted by Crippen LogP contribution is 2.17. The summed E-state index contributed by atoms with van der Waals surface area (Å²) in [6.45, 7) is 1.97. The van der Waals surface area contributed by atoms with Gasteiger partial charge in [-0.2, -0.15) is 5.26 Å². The predicted octanol–water partition coefficient (Wildman–Crippen LogP) is 3.74. The van der Waals surface area contributed by atoms with Crippen LogP contribution in [0.1, 0.15) is 18.1 Å². The second-order valence-electron chi connectivity index (χ2n) is 4.50. The summed E-state index contributed by atoms with van der Waals surface area (Å²) in [4.78, 5) is 0. The van der Waals surface area contributed by atoms with Crippen LogP contribution in [0.15, 0.2) is 48.5 Å². The fraction of sp³-hybridized carbons (Fsp3) is 0.188. The van der Waals surface area contributed by atoms with Crippen LogP contribution in [-0.2, 0) is 6.42 Å². The van der Waals surface area contributed by atoms with E-state index in [1.54, 1.807) is 18.2 Å². The van der Waals surface area contributed by atoms with Crippen molar-refractivity contribution in [3.8, 4) is 6.07 Å². The molecule has 0 bridgehead atoms. The highest BCUT2D eigenvalue weighted by atomic mass is 19.1. The molecule has 1 unspecified atom stereocenters. The number of nitrogens with one attached hydrogen (secondary N) is 1. The van der Waals surface area contributed by atoms with Crippen LogP contribution in [0.2, 0.25) is 0 Å². The maximum atomic E-state index is 13.6. The van der Waals surface area contributed by atoms with E-state index in [0.29, 0.717) is 17.5 Å². The Morgan fingerprint density at radius 1 is 1.16 bits per heavy atom. The van der Waals surface area contributed by atoms with E-state index in [9.17, 15) is 4.39 Å². The Hall–Kier alpha value is -2.34. The van der Waals surface area contributed by atoms with Crippen molar-refractivity contribution in [2.75, 3.05) is 5.32 Å². The SMILES string of the molecule is CC(Cc1ccccc1F)Nc1ccccc1C#N. The summed E-state index contributed by atoms with van der Waals surface area (Å²) in [7, 11) is 0. The minimum Gasteiger partial charge on any atom is -0.381 e. The first kappa shape index (κ1) is 13.1. The topological polar surface area (TPSA) is 35.8 Å². The summed E-state index contributed by atoms with van der Waals surface area (Å²) >= 11 is 0. The fourth-order valence-electron chi connectivity index (χ4n) is 2.02. The zero-order valence-corrected chi connectivity index (χ0v) is 10.7. The molecule has 2 rings (SSSR count). The van der Waals surface area contributed by atoms with E-state index in [1.165, 1.54) is 6.07 Å². The first-order valence-corrected chi connectivity index (χ1v) is 6.20. The number of halogens is 1. The summed E-state index contributed by atoms with van der Waals surface area (Å²) in [6, 6.07) is 16.3. The molecule has 1 N–H and O–H groups in total. The molecule has 0 aliphatic carbocycles. The van der Waals surface area contributed by atoms with Crippen LogP contribution < -0.4 is 5.32 Å². The molecule has 0 amide bonds. The molecule has 19 heavy (non-hydrogen) atoms. The van der Waals surface area contributed by atoms with Crippen molar-refractivity contribution < 1.29 is 4.39 Å². The van der Waals surface area contributed by atoms with Crippen LogP contribution >= 0.6 is 0 Å². The van der Waals surface area contributed by atoms with Gasteiger partial charge in [0, 0.05) is 6.04 Å². The van der Waals surface area contributed by atoms with E-state index >= 15 is 0 Å². The van der Waals surface area contributed by atoms with Crippen LogP contribution in [-0.4, -0.2) is 6.04 Å². The molecule has 0 fully saturated rings. The molecule has 0 radical (unpaired) electrons. The largest absolute Gasteiger partial charge is 0.381 e. The molecule has 0 heterocycles. The van der Waals surface area contributed by atoms with Crippen molar-refractivity contribution in [1.29, 1.82) is 5.26 Å². The normalized spacial score (nSPS) is 11.6. The van der Waals surface area contributed by atoms with E-state index in [0.717, 1.165) is 5.69 Å². The smallest absolute Gasteiger partial charge is 0.126 e.